The maximum atomic E-state index is 10.7. The minimum atomic E-state index is -0.198. The summed E-state index contributed by atoms with van der Waals surface area (Å²) in [6.07, 6.45) is 0.860. The molecule has 0 N–H and O–H groups in total. The van der Waals surface area contributed by atoms with Crippen LogP contribution in [-0.4, -0.2) is 11.9 Å². The Morgan fingerprint density at radius 2 is 1.65 bits per heavy atom. The van der Waals surface area contributed by atoms with E-state index in [1.54, 1.807) is 0 Å². The lowest BCUT2D eigenvalue weighted by atomic mass is 10.1. The lowest BCUT2D eigenvalue weighted by Crippen LogP contribution is -2.22. The Bertz CT molecular complexity index is 550. The third-order valence-electron chi connectivity index (χ3n) is 2.40. The van der Waals surface area contributed by atoms with E-state index in [0.717, 1.165) is 22.8 Å². The smallest absolute Gasteiger partial charge is 0.150 e. The number of carbonyl (C=O) groups excluding carboxylic acids is 1. The van der Waals surface area contributed by atoms with E-state index in [1.165, 1.54) is 0 Å². The second kappa shape index (κ2) is 4.21. The average molecular weight is 228 g/mol. The summed E-state index contributed by atoms with van der Waals surface area (Å²) in [7, 11) is 0. The molecule has 0 saturated carbocycles. The molecule has 88 valence electrons. The molecule has 0 atom stereocenters. The van der Waals surface area contributed by atoms with Crippen LogP contribution in [0.2, 0.25) is 0 Å². The van der Waals surface area contributed by atoms with Crippen molar-refractivity contribution in [3.63, 3.8) is 0 Å². The summed E-state index contributed by atoms with van der Waals surface area (Å²) in [6, 6.07) is 11.5. The van der Waals surface area contributed by atoms with Crippen LogP contribution in [-0.2, 0) is 0 Å². The normalized spacial score (nSPS) is 11.5. The Balaban J connectivity index is 2.41. The summed E-state index contributed by atoms with van der Waals surface area (Å²) in [5, 5.41) is 2.13. The lowest BCUT2D eigenvalue weighted by molar-refractivity contribution is 0.112. The molecule has 2 nitrogen and oxygen atoms in total. The highest BCUT2D eigenvalue weighted by molar-refractivity contribution is 5.89. The molecule has 0 aromatic heterocycles. The molecule has 0 heterocycles. The van der Waals surface area contributed by atoms with Crippen LogP contribution in [0.1, 0.15) is 31.1 Å². The van der Waals surface area contributed by atoms with Gasteiger partial charge in [0.1, 0.15) is 17.6 Å². The highest BCUT2D eigenvalue weighted by Gasteiger charge is 2.11. The van der Waals surface area contributed by atoms with E-state index < -0.39 is 0 Å². The van der Waals surface area contributed by atoms with Gasteiger partial charge in [-0.25, -0.2) is 0 Å². The Kier molecular flexibility index (Phi) is 2.88. The van der Waals surface area contributed by atoms with Crippen molar-refractivity contribution in [3.8, 4) is 5.75 Å². The van der Waals surface area contributed by atoms with E-state index in [4.69, 9.17) is 4.74 Å². The molecule has 2 rings (SSSR count). The third-order valence-corrected chi connectivity index (χ3v) is 2.40. The third kappa shape index (κ3) is 2.84. The average Bonchev–Trinajstić information content (AvgIpc) is 2.26. The molecule has 2 aromatic rings. The van der Waals surface area contributed by atoms with Crippen molar-refractivity contribution in [2.24, 2.45) is 0 Å². The van der Waals surface area contributed by atoms with Crippen molar-refractivity contribution in [3.05, 3.63) is 42.0 Å². The zero-order valence-corrected chi connectivity index (χ0v) is 10.4. The summed E-state index contributed by atoms with van der Waals surface area (Å²) in [5.41, 5.74) is 0.498. The first-order chi connectivity index (χ1) is 7.98. The summed E-state index contributed by atoms with van der Waals surface area (Å²) in [6.45, 7) is 6.06. The van der Waals surface area contributed by atoms with E-state index in [-0.39, 0.29) is 5.60 Å². The number of fused-ring (bicyclic) bond motifs is 1. The monoisotopic (exact) mass is 228 g/mol. The molecule has 17 heavy (non-hydrogen) atoms. The lowest BCUT2D eigenvalue weighted by Gasteiger charge is -2.21. The zero-order chi connectivity index (χ0) is 12.5. The minimum Gasteiger partial charge on any atom is -0.488 e. The van der Waals surface area contributed by atoms with Crippen LogP contribution >= 0.6 is 0 Å². The standard InChI is InChI=1S/C15H16O2/c1-15(2,3)17-14-7-6-12-8-11(10-16)4-5-13(12)9-14/h4-10H,1-3H3. The van der Waals surface area contributed by atoms with Gasteiger partial charge in [0.25, 0.3) is 0 Å². The quantitative estimate of drug-likeness (QED) is 0.730. The van der Waals surface area contributed by atoms with Crippen molar-refractivity contribution in [1.82, 2.24) is 0 Å². The molecule has 2 aromatic carbocycles. The highest BCUT2D eigenvalue weighted by atomic mass is 16.5. The van der Waals surface area contributed by atoms with Gasteiger partial charge in [0.05, 0.1) is 0 Å². The van der Waals surface area contributed by atoms with E-state index >= 15 is 0 Å². The Hall–Kier alpha value is -1.83. The molecule has 0 saturated heterocycles. The van der Waals surface area contributed by atoms with Crippen LogP contribution in [0.4, 0.5) is 0 Å². The van der Waals surface area contributed by atoms with Gasteiger partial charge in [-0.1, -0.05) is 18.2 Å². The number of carbonyl (C=O) groups is 1. The topological polar surface area (TPSA) is 26.3 Å². The predicted molar refractivity (Wildman–Crippen MR) is 69.7 cm³/mol. The fraction of sp³-hybridized carbons (Fsp3) is 0.267. The van der Waals surface area contributed by atoms with Gasteiger partial charge >= 0.3 is 0 Å². The number of rotatable bonds is 2. The van der Waals surface area contributed by atoms with Crippen molar-refractivity contribution >= 4 is 17.1 Å². The van der Waals surface area contributed by atoms with Crippen LogP contribution in [0.5, 0.6) is 5.75 Å². The molecule has 0 amide bonds. The maximum absolute atomic E-state index is 10.7. The van der Waals surface area contributed by atoms with E-state index in [2.05, 4.69) is 0 Å². The summed E-state index contributed by atoms with van der Waals surface area (Å²) in [5.74, 6) is 0.851. The molecule has 0 aliphatic rings. The van der Waals surface area contributed by atoms with Crippen molar-refractivity contribution in [1.29, 1.82) is 0 Å². The number of aldehydes is 1. The van der Waals surface area contributed by atoms with Gasteiger partial charge in [-0.05, 0) is 49.7 Å². The summed E-state index contributed by atoms with van der Waals surface area (Å²) in [4.78, 5) is 10.7. The van der Waals surface area contributed by atoms with Gasteiger partial charge in [0.2, 0.25) is 0 Å². The fourth-order valence-corrected chi connectivity index (χ4v) is 1.73. The van der Waals surface area contributed by atoms with E-state index in [0.29, 0.717) is 5.56 Å². The molecular weight excluding hydrogens is 212 g/mol. The second-order valence-electron chi connectivity index (χ2n) is 5.10. The first-order valence-electron chi connectivity index (χ1n) is 5.66. The molecule has 0 aliphatic heterocycles. The van der Waals surface area contributed by atoms with Crippen LogP contribution in [0.15, 0.2) is 36.4 Å². The molecule has 2 heteroatoms. The Labute approximate surface area is 101 Å². The fourth-order valence-electron chi connectivity index (χ4n) is 1.73. The molecule has 0 spiro atoms. The van der Waals surface area contributed by atoms with E-state index in [9.17, 15) is 4.79 Å². The maximum Gasteiger partial charge on any atom is 0.150 e. The van der Waals surface area contributed by atoms with E-state index in [1.807, 2.05) is 57.2 Å². The van der Waals surface area contributed by atoms with Crippen molar-refractivity contribution in [2.75, 3.05) is 0 Å². The van der Waals surface area contributed by atoms with Crippen LogP contribution in [0, 0.1) is 0 Å². The Morgan fingerprint density at radius 3 is 2.29 bits per heavy atom. The van der Waals surface area contributed by atoms with Gasteiger partial charge in [0.15, 0.2) is 0 Å². The van der Waals surface area contributed by atoms with Gasteiger partial charge in [-0.2, -0.15) is 0 Å². The van der Waals surface area contributed by atoms with Crippen LogP contribution in [0.3, 0.4) is 0 Å². The number of hydrogen-bond donors (Lipinski definition) is 0. The number of hydrogen-bond acceptors (Lipinski definition) is 2. The molecule has 0 bridgehead atoms. The highest BCUT2D eigenvalue weighted by Crippen LogP contribution is 2.24. The SMILES string of the molecule is CC(C)(C)Oc1ccc2cc(C=O)ccc2c1. The first kappa shape index (κ1) is 11.6. The van der Waals surface area contributed by atoms with Gasteiger partial charge in [-0.3, -0.25) is 4.79 Å². The van der Waals surface area contributed by atoms with Gasteiger partial charge < -0.3 is 4.74 Å². The van der Waals surface area contributed by atoms with Gasteiger partial charge in [0, 0.05) is 5.56 Å². The Morgan fingerprint density at radius 1 is 1.00 bits per heavy atom. The molecule has 0 aliphatic carbocycles. The number of benzene rings is 2. The van der Waals surface area contributed by atoms with Gasteiger partial charge in [-0.15, -0.1) is 0 Å². The first-order valence-corrected chi connectivity index (χ1v) is 5.66. The van der Waals surface area contributed by atoms with Crippen LogP contribution in [0.25, 0.3) is 10.8 Å². The van der Waals surface area contributed by atoms with Crippen molar-refractivity contribution in [2.45, 2.75) is 26.4 Å². The zero-order valence-electron chi connectivity index (χ0n) is 10.4. The molecule has 0 fully saturated rings. The molecule has 0 radical (unpaired) electrons. The van der Waals surface area contributed by atoms with Crippen molar-refractivity contribution < 1.29 is 9.53 Å². The summed E-state index contributed by atoms with van der Waals surface area (Å²) < 4.78 is 5.80. The summed E-state index contributed by atoms with van der Waals surface area (Å²) >= 11 is 0. The predicted octanol–water partition coefficient (Wildman–Crippen LogP) is 3.83. The molecular formula is C15H16O2. The number of ether oxygens (including phenoxy) is 1. The molecule has 0 unspecified atom stereocenters. The minimum absolute atomic E-state index is 0.198. The van der Waals surface area contributed by atoms with Crippen LogP contribution < -0.4 is 4.74 Å². The largest absolute Gasteiger partial charge is 0.488 e. The second-order valence-corrected chi connectivity index (χ2v) is 5.10.